The predicted molar refractivity (Wildman–Crippen MR) is 121 cm³/mol. The van der Waals surface area contributed by atoms with Gasteiger partial charge in [0.2, 0.25) is 15.9 Å². The zero-order chi connectivity index (χ0) is 22.6. The maximum absolute atomic E-state index is 12.8. The number of hydrogen-bond donors (Lipinski definition) is 1. The molecule has 1 N–H and O–H groups in total. The van der Waals surface area contributed by atoms with E-state index >= 15 is 0 Å². The van der Waals surface area contributed by atoms with Crippen molar-refractivity contribution < 1.29 is 13.2 Å². The first-order valence-electron chi connectivity index (χ1n) is 11.0. The summed E-state index contributed by atoms with van der Waals surface area (Å²) in [5.74, 6) is -0.151. The van der Waals surface area contributed by atoms with Crippen molar-refractivity contribution in [3.63, 3.8) is 0 Å². The Morgan fingerprint density at radius 3 is 2.41 bits per heavy atom. The number of nitrogens with one attached hydrogen (secondary N) is 1. The quantitative estimate of drug-likeness (QED) is 0.725. The van der Waals surface area contributed by atoms with Gasteiger partial charge in [-0.25, -0.2) is 8.42 Å². The lowest BCUT2D eigenvalue weighted by Crippen LogP contribution is -2.44. The van der Waals surface area contributed by atoms with Crippen molar-refractivity contribution in [2.45, 2.75) is 30.7 Å². The summed E-state index contributed by atoms with van der Waals surface area (Å²) in [6.45, 7) is 3.97. The summed E-state index contributed by atoms with van der Waals surface area (Å²) in [5.41, 5.74) is 3.20. The van der Waals surface area contributed by atoms with Crippen molar-refractivity contribution in [3.8, 4) is 6.07 Å². The molecule has 0 saturated carbocycles. The van der Waals surface area contributed by atoms with Crippen LogP contribution in [0, 0.1) is 17.2 Å². The van der Waals surface area contributed by atoms with Crippen LogP contribution < -0.4 is 5.32 Å². The number of hydrogen-bond acceptors (Lipinski definition) is 5. The Morgan fingerprint density at radius 1 is 1.03 bits per heavy atom. The summed E-state index contributed by atoms with van der Waals surface area (Å²) in [6, 6.07) is 16.4. The van der Waals surface area contributed by atoms with E-state index in [9.17, 15) is 13.2 Å². The first-order valence-corrected chi connectivity index (χ1v) is 12.5. The molecule has 7 nitrogen and oxygen atoms in total. The van der Waals surface area contributed by atoms with E-state index in [-0.39, 0.29) is 16.7 Å². The minimum absolute atomic E-state index is 0.0119. The minimum atomic E-state index is -3.61. The Kier molecular flexibility index (Phi) is 6.89. The van der Waals surface area contributed by atoms with E-state index in [4.69, 9.17) is 5.26 Å². The number of carbonyl (C=O) groups is 1. The van der Waals surface area contributed by atoms with Gasteiger partial charge in [0, 0.05) is 45.2 Å². The molecule has 2 aliphatic heterocycles. The van der Waals surface area contributed by atoms with Crippen LogP contribution in [0.1, 0.15) is 29.5 Å². The third-order valence-electron chi connectivity index (χ3n) is 6.38. The van der Waals surface area contributed by atoms with E-state index < -0.39 is 10.0 Å². The van der Waals surface area contributed by atoms with Gasteiger partial charge in [0.05, 0.1) is 16.5 Å². The van der Waals surface area contributed by atoms with Crippen molar-refractivity contribution in [2.24, 2.45) is 5.92 Å². The fourth-order valence-electron chi connectivity index (χ4n) is 4.44. The third-order valence-corrected chi connectivity index (χ3v) is 8.30. The normalized spacial score (nSPS) is 18.0. The number of benzene rings is 2. The third kappa shape index (κ3) is 5.01. The molecule has 2 aromatic rings. The fourth-order valence-corrected chi connectivity index (χ4v) is 5.91. The van der Waals surface area contributed by atoms with Crippen molar-refractivity contribution in [3.05, 3.63) is 65.2 Å². The highest BCUT2D eigenvalue weighted by Crippen LogP contribution is 2.24. The largest absolute Gasteiger partial charge is 0.355 e. The molecule has 2 aromatic carbocycles. The summed E-state index contributed by atoms with van der Waals surface area (Å²) < 4.78 is 27.1. The highest BCUT2D eigenvalue weighted by molar-refractivity contribution is 7.89. The molecular weight excluding hydrogens is 424 g/mol. The molecule has 168 valence electrons. The first kappa shape index (κ1) is 22.5. The van der Waals surface area contributed by atoms with Gasteiger partial charge in [-0.05, 0) is 54.7 Å². The van der Waals surface area contributed by atoms with Gasteiger partial charge in [-0.15, -0.1) is 0 Å². The molecule has 1 saturated heterocycles. The molecule has 0 spiro atoms. The number of nitrogens with zero attached hydrogens (tertiary/aromatic N) is 3. The van der Waals surface area contributed by atoms with Crippen LogP contribution in [-0.4, -0.2) is 56.3 Å². The minimum Gasteiger partial charge on any atom is -0.355 e. The van der Waals surface area contributed by atoms with E-state index in [1.807, 2.05) is 6.07 Å². The average Bonchev–Trinajstić information content (AvgIpc) is 2.84. The second-order valence-electron chi connectivity index (χ2n) is 8.40. The van der Waals surface area contributed by atoms with Crippen LogP contribution in [0.4, 0.5) is 0 Å². The molecule has 0 bridgehead atoms. The fraction of sp³-hybridized carbons (Fsp3) is 0.417. The van der Waals surface area contributed by atoms with Gasteiger partial charge in [0.25, 0.3) is 0 Å². The number of nitriles is 1. The average molecular weight is 453 g/mol. The van der Waals surface area contributed by atoms with E-state index in [0.29, 0.717) is 38.0 Å². The predicted octanol–water partition coefficient (Wildman–Crippen LogP) is 2.13. The maximum atomic E-state index is 12.8. The van der Waals surface area contributed by atoms with E-state index in [2.05, 4.69) is 34.5 Å². The van der Waals surface area contributed by atoms with Crippen LogP contribution in [0.3, 0.4) is 0 Å². The van der Waals surface area contributed by atoms with E-state index in [0.717, 1.165) is 26.1 Å². The molecule has 2 heterocycles. The summed E-state index contributed by atoms with van der Waals surface area (Å²) in [4.78, 5) is 15.1. The van der Waals surface area contributed by atoms with Gasteiger partial charge in [-0.3, -0.25) is 9.69 Å². The van der Waals surface area contributed by atoms with Crippen LogP contribution in [-0.2, 0) is 27.8 Å². The Bertz CT molecular complexity index is 1100. The van der Waals surface area contributed by atoms with Gasteiger partial charge in [0.1, 0.15) is 0 Å². The number of sulfonamides is 1. The molecule has 2 aliphatic rings. The number of piperidine rings is 1. The molecule has 4 rings (SSSR count). The topological polar surface area (TPSA) is 93.5 Å². The van der Waals surface area contributed by atoms with E-state index in [1.165, 1.54) is 39.7 Å². The maximum Gasteiger partial charge on any atom is 0.243 e. The summed E-state index contributed by atoms with van der Waals surface area (Å²) in [5, 5.41) is 11.9. The second kappa shape index (κ2) is 9.82. The monoisotopic (exact) mass is 452 g/mol. The van der Waals surface area contributed by atoms with Gasteiger partial charge >= 0.3 is 0 Å². The molecule has 0 radical (unpaired) electrons. The Labute approximate surface area is 189 Å². The lowest BCUT2D eigenvalue weighted by atomic mass is 9.97. The van der Waals surface area contributed by atoms with Crippen LogP contribution in [0.2, 0.25) is 0 Å². The van der Waals surface area contributed by atoms with Crippen LogP contribution in [0.5, 0.6) is 0 Å². The summed E-state index contributed by atoms with van der Waals surface area (Å²) in [6.07, 6.45) is 2.06. The standard InChI is InChI=1S/C24H28N4O3S/c25-17-19-5-7-23(8-6-19)32(30,31)28-14-10-21(11-15-28)24(29)26-12-16-27-13-9-20-3-1-2-4-22(20)18-27/h1-8,21H,9-16,18H2,(H,26,29). The second-order valence-corrected chi connectivity index (χ2v) is 10.3. The lowest BCUT2D eigenvalue weighted by Gasteiger charge is -2.31. The number of amides is 1. The van der Waals surface area contributed by atoms with E-state index in [1.54, 1.807) is 0 Å². The number of carbonyl (C=O) groups excluding carboxylic acids is 1. The first-order chi connectivity index (χ1) is 15.5. The molecule has 0 unspecified atom stereocenters. The smallest absolute Gasteiger partial charge is 0.243 e. The molecule has 8 heteroatoms. The van der Waals surface area contributed by atoms with Gasteiger partial charge in [-0.1, -0.05) is 24.3 Å². The lowest BCUT2D eigenvalue weighted by molar-refractivity contribution is -0.126. The van der Waals surface area contributed by atoms with Crippen LogP contribution in [0.15, 0.2) is 53.4 Å². The van der Waals surface area contributed by atoms with Crippen molar-refractivity contribution in [2.75, 3.05) is 32.7 Å². The van der Waals surface area contributed by atoms with Crippen molar-refractivity contribution in [1.82, 2.24) is 14.5 Å². The highest BCUT2D eigenvalue weighted by atomic mass is 32.2. The molecule has 0 atom stereocenters. The van der Waals surface area contributed by atoms with Crippen LogP contribution >= 0.6 is 0 Å². The molecule has 0 aromatic heterocycles. The summed E-state index contributed by atoms with van der Waals surface area (Å²) in [7, 11) is -3.61. The van der Waals surface area contributed by atoms with Gasteiger partial charge in [-0.2, -0.15) is 9.57 Å². The number of rotatable bonds is 6. The van der Waals surface area contributed by atoms with Gasteiger partial charge < -0.3 is 5.32 Å². The van der Waals surface area contributed by atoms with Crippen molar-refractivity contribution >= 4 is 15.9 Å². The molecule has 1 amide bonds. The van der Waals surface area contributed by atoms with Crippen molar-refractivity contribution in [1.29, 1.82) is 5.26 Å². The number of fused-ring (bicyclic) bond motifs is 1. The van der Waals surface area contributed by atoms with Gasteiger partial charge in [0.15, 0.2) is 0 Å². The molecular formula is C24H28N4O3S. The Hall–Kier alpha value is -2.73. The Morgan fingerprint density at radius 2 is 1.72 bits per heavy atom. The summed E-state index contributed by atoms with van der Waals surface area (Å²) >= 11 is 0. The SMILES string of the molecule is N#Cc1ccc(S(=O)(=O)N2CCC(C(=O)NCCN3CCc4ccccc4C3)CC2)cc1. The zero-order valence-corrected chi connectivity index (χ0v) is 18.9. The van der Waals surface area contributed by atoms with Crippen LogP contribution in [0.25, 0.3) is 0 Å². The zero-order valence-electron chi connectivity index (χ0n) is 18.0. The highest BCUT2D eigenvalue weighted by Gasteiger charge is 2.32. The molecule has 1 fully saturated rings. The Balaban J connectivity index is 1.23. The molecule has 0 aliphatic carbocycles. The molecule has 32 heavy (non-hydrogen) atoms.